The Morgan fingerprint density at radius 1 is 1.19 bits per heavy atom. The topological polar surface area (TPSA) is 46.3 Å². The lowest BCUT2D eigenvalue weighted by Gasteiger charge is -2.13. The summed E-state index contributed by atoms with van der Waals surface area (Å²) in [6.07, 6.45) is 3.05. The number of aromatic nitrogens is 1. The molecule has 3 rings (SSSR count). The van der Waals surface area contributed by atoms with Crippen molar-refractivity contribution in [3.63, 3.8) is 0 Å². The molecule has 0 aliphatic heterocycles. The van der Waals surface area contributed by atoms with Crippen molar-refractivity contribution in [1.29, 1.82) is 0 Å². The lowest BCUT2D eigenvalue weighted by molar-refractivity contribution is -0.00000576. The van der Waals surface area contributed by atoms with Crippen molar-refractivity contribution in [2.45, 2.75) is 19.9 Å². The molecule has 3 aromatic rings. The molecule has 26 heavy (non-hydrogen) atoms. The molecule has 2 N–H and O–H groups in total. The number of H-pyrrole nitrogens is 1. The summed E-state index contributed by atoms with van der Waals surface area (Å²) in [5, 5.41) is 5.33. The summed E-state index contributed by atoms with van der Waals surface area (Å²) < 4.78 is 10.9. The molecule has 0 saturated carbocycles. The number of benzene rings is 2. The number of hydrogen-bond acceptors (Lipinski definition) is 3. The first kappa shape index (κ1) is 20.4. The molecular formula is C20H23Cl2N2O2-. The van der Waals surface area contributed by atoms with Gasteiger partial charge in [-0.3, -0.25) is 0 Å². The summed E-state index contributed by atoms with van der Waals surface area (Å²) >= 11 is 6.31. The second-order valence-corrected chi connectivity index (χ2v) is 6.24. The molecule has 0 unspecified atom stereocenters. The van der Waals surface area contributed by atoms with Gasteiger partial charge in [0.2, 0.25) is 0 Å². The van der Waals surface area contributed by atoms with Crippen molar-refractivity contribution >= 4 is 22.5 Å². The van der Waals surface area contributed by atoms with Gasteiger partial charge < -0.3 is 32.2 Å². The Bertz CT molecular complexity index is 849. The van der Waals surface area contributed by atoms with Gasteiger partial charge in [-0.25, -0.2) is 0 Å². The number of halogens is 2. The molecule has 4 nitrogen and oxygen atoms in total. The van der Waals surface area contributed by atoms with Crippen LogP contribution in [0.4, 0.5) is 0 Å². The monoisotopic (exact) mass is 393 g/mol. The highest BCUT2D eigenvalue weighted by molar-refractivity contribution is 6.32. The molecule has 1 aromatic heterocycles. The van der Waals surface area contributed by atoms with Crippen LogP contribution in [0.1, 0.15) is 18.1 Å². The minimum Gasteiger partial charge on any atom is -1.00 e. The van der Waals surface area contributed by atoms with E-state index in [9.17, 15) is 0 Å². The van der Waals surface area contributed by atoms with Gasteiger partial charge in [0.25, 0.3) is 0 Å². The number of fused-ring (bicyclic) bond motifs is 1. The van der Waals surface area contributed by atoms with Gasteiger partial charge in [-0.1, -0.05) is 29.8 Å². The zero-order valence-corrected chi connectivity index (χ0v) is 16.5. The summed E-state index contributed by atoms with van der Waals surface area (Å²) in [4.78, 5) is 3.31. The van der Waals surface area contributed by atoms with Gasteiger partial charge >= 0.3 is 0 Å². The highest BCUT2D eigenvalue weighted by atomic mass is 35.5. The van der Waals surface area contributed by atoms with E-state index in [0.717, 1.165) is 25.1 Å². The van der Waals surface area contributed by atoms with Gasteiger partial charge in [-0.15, -0.1) is 0 Å². The first-order chi connectivity index (χ1) is 12.2. The van der Waals surface area contributed by atoms with E-state index < -0.39 is 0 Å². The number of para-hydroxylation sites is 1. The van der Waals surface area contributed by atoms with E-state index in [4.69, 9.17) is 21.1 Å². The maximum atomic E-state index is 6.31. The molecule has 0 radical (unpaired) electrons. The first-order valence-electron chi connectivity index (χ1n) is 8.47. The van der Waals surface area contributed by atoms with Crippen molar-refractivity contribution < 1.29 is 21.9 Å². The minimum absolute atomic E-state index is 0. The number of aromatic amines is 1. The first-order valence-corrected chi connectivity index (χ1v) is 8.85. The van der Waals surface area contributed by atoms with Gasteiger partial charge in [-0.05, 0) is 49.2 Å². The second kappa shape index (κ2) is 9.72. The lowest BCUT2D eigenvalue weighted by Crippen LogP contribution is -3.00. The average Bonchev–Trinajstić information content (AvgIpc) is 3.04. The number of nitrogens with one attached hydrogen (secondary N) is 2. The van der Waals surface area contributed by atoms with Crippen LogP contribution < -0.4 is 27.2 Å². The van der Waals surface area contributed by atoms with Crippen LogP contribution in [0.15, 0.2) is 42.6 Å². The molecule has 0 bridgehead atoms. The average molecular weight is 394 g/mol. The maximum Gasteiger partial charge on any atom is 0.179 e. The van der Waals surface area contributed by atoms with Gasteiger partial charge in [-0.2, -0.15) is 0 Å². The van der Waals surface area contributed by atoms with E-state index in [1.165, 1.54) is 16.5 Å². The highest BCUT2D eigenvalue weighted by Gasteiger charge is 2.11. The molecule has 2 aromatic carbocycles. The Morgan fingerprint density at radius 2 is 2.00 bits per heavy atom. The predicted octanol–water partition coefficient (Wildman–Crippen LogP) is 1.56. The molecule has 1 heterocycles. The van der Waals surface area contributed by atoms with Crippen LogP contribution in [-0.4, -0.2) is 25.2 Å². The number of hydrogen-bond donors (Lipinski definition) is 2. The largest absolute Gasteiger partial charge is 1.00 e. The lowest BCUT2D eigenvalue weighted by atomic mass is 10.1. The molecule has 140 valence electrons. The minimum atomic E-state index is 0. The molecule has 0 aliphatic carbocycles. The molecule has 0 amide bonds. The van der Waals surface area contributed by atoms with Gasteiger partial charge in [0.15, 0.2) is 11.5 Å². The van der Waals surface area contributed by atoms with Gasteiger partial charge in [0, 0.05) is 23.6 Å². The van der Waals surface area contributed by atoms with Crippen molar-refractivity contribution in [2.75, 3.05) is 20.3 Å². The van der Waals surface area contributed by atoms with Gasteiger partial charge in [0.1, 0.15) is 0 Å². The third-order valence-electron chi connectivity index (χ3n) is 4.15. The van der Waals surface area contributed by atoms with Crippen molar-refractivity contribution in [3.8, 4) is 11.5 Å². The Hall–Kier alpha value is -1.88. The molecule has 0 spiro atoms. The van der Waals surface area contributed by atoms with Crippen molar-refractivity contribution in [2.24, 2.45) is 0 Å². The van der Waals surface area contributed by atoms with Crippen LogP contribution in [0.2, 0.25) is 5.02 Å². The summed E-state index contributed by atoms with van der Waals surface area (Å²) in [5.74, 6) is 1.27. The van der Waals surface area contributed by atoms with Crippen LogP contribution in [0.25, 0.3) is 10.9 Å². The van der Waals surface area contributed by atoms with Crippen LogP contribution in [-0.2, 0) is 13.0 Å². The normalized spacial score (nSPS) is 10.6. The number of ether oxygens (including phenoxy) is 2. The van der Waals surface area contributed by atoms with Crippen LogP contribution in [0.3, 0.4) is 0 Å². The van der Waals surface area contributed by atoms with E-state index >= 15 is 0 Å². The van der Waals surface area contributed by atoms with E-state index in [1.807, 2.05) is 25.1 Å². The maximum absolute atomic E-state index is 6.31. The fourth-order valence-corrected chi connectivity index (χ4v) is 3.24. The molecule has 6 heteroatoms. The summed E-state index contributed by atoms with van der Waals surface area (Å²) in [7, 11) is 1.63. The standard InChI is InChI=1S/C20H23ClN2O2.ClH/c1-3-25-20-17(21)10-14(11-19(20)24-2)12-22-9-8-15-13-23-18-7-5-4-6-16(15)18;/h4-7,10-11,13,22-23H,3,8-9,12H2,1-2H3;1H/p-1. The number of methoxy groups -OCH3 is 1. The third kappa shape index (κ3) is 4.64. The fourth-order valence-electron chi connectivity index (χ4n) is 2.95. The highest BCUT2D eigenvalue weighted by Crippen LogP contribution is 2.36. The SMILES string of the molecule is CCOc1c(Cl)cc(CNCCc2c[nH]c3ccccc23)cc1OC.[Cl-]. The van der Waals surface area contributed by atoms with E-state index in [0.29, 0.717) is 23.1 Å². The summed E-state index contributed by atoms with van der Waals surface area (Å²) in [6, 6.07) is 12.3. The van der Waals surface area contributed by atoms with Crippen molar-refractivity contribution in [1.82, 2.24) is 10.3 Å². The van der Waals surface area contributed by atoms with E-state index in [-0.39, 0.29) is 12.4 Å². The van der Waals surface area contributed by atoms with Crippen LogP contribution >= 0.6 is 11.6 Å². The third-order valence-corrected chi connectivity index (χ3v) is 4.43. The Kier molecular flexibility index (Phi) is 7.64. The Morgan fingerprint density at radius 3 is 2.77 bits per heavy atom. The summed E-state index contributed by atoms with van der Waals surface area (Å²) in [5.41, 5.74) is 3.58. The molecular weight excluding hydrogens is 371 g/mol. The zero-order chi connectivity index (χ0) is 17.6. The predicted molar refractivity (Wildman–Crippen MR) is 103 cm³/mol. The molecule has 0 saturated heterocycles. The molecule has 0 atom stereocenters. The zero-order valence-electron chi connectivity index (χ0n) is 14.9. The van der Waals surface area contributed by atoms with E-state index in [1.54, 1.807) is 7.11 Å². The van der Waals surface area contributed by atoms with Crippen LogP contribution in [0, 0.1) is 0 Å². The van der Waals surface area contributed by atoms with E-state index in [2.05, 4.69) is 34.7 Å². The number of rotatable bonds is 8. The smallest absolute Gasteiger partial charge is 0.179 e. The Labute approximate surface area is 165 Å². The molecule has 0 aliphatic rings. The fraction of sp³-hybridized carbons (Fsp3) is 0.300. The Balaban J connectivity index is 0.00000243. The van der Waals surface area contributed by atoms with Crippen LogP contribution in [0.5, 0.6) is 11.5 Å². The molecule has 0 fully saturated rings. The van der Waals surface area contributed by atoms with Gasteiger partial charge in [0.05, 0.1) is 18.7 Å². The van der Waals surface area contributed by atoms with Crippen molar-refractivity contribution in [3.05, 3.63) is 58.7 Å². The summed E-state index contributed by atoms with van der Waals surface area (Å²) in [6.45, 7) is 4.09. The second-order valence-electron chi connectivity index (χ2n) is 5.83. The quantitative estimate of drug-likeness (QED) is 0.571.